The maximum atomic E-state index is 11.2. The van der Waals surface area contributed by atoms with E-state index < -0.39 is 5.97 Å². The summed E-state index contributed by atoms with van der Waals surface area (Å²) < 4.78 is 5.42. The normalized spacial score (nSPS) is 12.0. The van der Waals surface area contributed by atoms with Gasteiger partial charge in [-0.1, -0.05) is 12.1 Å². The summed E-state index contributed by atoms with van der Waals surface area (Å²) >= 11 is 0. The highest BCUT2D eigenvalue weighted by Crippen LogP contribution is 2.22. The van der Waals surface area contributed by atoms with Crippen molar-refractivity contribution >= 4 is 22.7 Å². The molecule has 1 atom stereocenters. The molecular weight excluding hydrogens is 318 g/mol. The van der Waals surface area contributed by atoms with E-state index in [9.17, 15) is 9.90 Å². The molecule has 0 aliphatic carbocycles. The van der Waals surface area contributed by atoms with E-state index in [2.05, 4.69) is 15.3 Å². The Labute approximate surface area is 145 Å². The molecule has 130 valence electrons. The number of carbonyl (C=O) groups is 1. The quantitative estimate of drug-likeness (QED) is 0.583. The molecule has 1 heterocycles. The van der Waals surface area contributed by atoms with Gasteiger partial charge in [-0.05, 0) is 43.3 Å². The highest BCUT2D eigenvalue weighted by atomic mass is 16.5. The summed E-state index contributed by atoms with van der Waals surface area (Å²) in [6.45, 7) is 3.04. The Hall–Kier alpha value is -3.02. The lowest BCUT2D eigenvalue weighted by atomic mass is 10.0. The maximum Gasteiger partial charge on any atom is 0.304 e. The Balaban J connectivity index is 1.73. The number of H-pyrrole nitrogens is 1. The first-order chi connectivity index (χ1) is 12.2. The summed E-state index contributed by atoms with van der Waals surface area (Å²) in [5.41, 5.74) is 2.66. The van der Waals surface area contributed by atoms with Crippen LogP contribution in [0.5, 0.6) is 5.75 Å². The largest absolute Gasteiger partial charge is 0.494 e. The predicted molar refractivity (Wildman–Crippen MR) is 97.2 cm³/mol. The third-order valence-corrected chi connectivity index (χ3v) is 3.93. The number of aromatic nitrogens is 2. The van der Waals surface area contributed by atoms with E-state index in [1.807, 2.05) is 55.5 Å². The number of nitrogens with zero attached hydrogens (tertiary/aromatic N) is 1. The van der Waals surface area contributed by atoms with E-state index in [4.69, 9.17) is 4.74 Å². The summed E-state index contributed by atoms with van der Waals surface area (Å²) in [6, 6.07) is 15.3. The zero-order valence-corrected chi connectivity index (χ0v) is 14.0. The molecule has 25 heavy (non-hydrogen) atoms. The lowest BCUT2D eigenvalue weighted by molar-refractivity contribution is -0.137. The Kier molecular flexibility index (Phi) is 5.18. The minimum absolute atomic E-state index is 0.00382. The molecule has 0 bridgehead atoms. The number of rotatable bonds is 8. The maximum absolute atomic E-state index is 11.2. The third kappa shape index (κ3) is 4.29. The molecule has 0 saturated carbocycles. The molecular formula is C19H21N3O3. The molecule has 3 rings (SSSR count). The Bertz CT molecular complexity index is 810. The van der Waals surface area contributed by atoms with E-state index in [0.29, 0.717) is 19.0 Å². The van der Waals surface area contributed by atoms with E-state index in [-0.39, 0.29) is 12.3 Å². The Morgan fingerprint density at radius 2 is 2.00 bits per heavy atom. The molecule has 6 nitrogen and oxygen atoms in total. The number of benzene rings is 2. The first-order valence-electron chi connectivity index (χ1n) is 8.29. The van der Waals surface area contributed by atoms with Crippen LogP contribution in [0.3, 0.4) is 0 Å². The predicted octanol–water partition coefficient (Wildman–Crippen LogP) is 3.63. The average molecular weight is 339 g/mol. The topological polar surface area (TPSA) is 87.2 Å². The minimum atomic E-state index is -0.848. The highest BCUT2D eigenvalue weighted by molar-refractivity contribution is 5.75. The summed E-state index contributed by atoms with van der Waals surface area (Å²) in [6.07, 6.45) is 0.00382. The fourth-order valence-corrected chi connectivity index (χ4v) is 2.72. The Morgan fingerprint density at radius 3 is 2.68 bits per heavy atom. The van der Waals surface area contributed by atoms with Crippen molar-refractivity contribution in [1.29, 1.82) is 0 Å². The second kappa shape index (κ2) is 7.70. The second-order valence-corrected chi connectivity index (χ2v) is 5.77. The van der Waals surface area contributed by atoms with Gasteiger partial charge < -0.3 is 20.1 Å². The van der Waals surface area contributed by atoms with Crippen LogP contribution in [-0.2, 0) is 4.79 Å². The standard InChI is InChI=1S/C19H21N3O3/c1-2-25-15-9-7-14(8-10-15)20-12-13(11-18(23)24)19-21-16-5-3-4-6-17(16)22-19/h3-10,13,20H,2,11-12H2,1H3,(H,21,22)(H,23,24). The van der Waals surface area contributed by atoms with Crippen molar-refractivity contribution in [3.05, 3.63) is 54.4 Å². The van der Waals surface area contributed by atoms with Gasteiger partial charge in [-0.15, -0.1) is 0 Å². The molecule has 0 spiro atoms. The van der Waals surface area contributed by atoms with E-state index in [1.165, 1.54) is 0 Å². The third-order valence-electron chi connectivity index (χ3n) is 3.93. The van der Waals surface area contributed by atoms with Crippen LogP contribution in [0.4, 0.5) is 5.69 Å². The molecule has 3 aromatic rings. The number of imidazole rings is 1. The van der Waals surface area contributed by atoms with Gasteiger partial charge in [0.2, 0.25) is 0 Å². The number of hydrogen-bond acceptors (Lipinski definition) is 4. The van der Waals surface area contributed by atoms with Crippen LogP contribution >= 0.6 is 0 Å². The fourth-order valence-electron chi connectivity index (χ4n) is 2.72. The molecule has 0 radical (unpaired) electrons. The van der Waals surface area contributed by atoms with Crippen molar-refractivity contribution < 1.29 is 14.6 Å². The van der Waals surface area contributed by atoms with Gasteiger partial charge in [-0.2, -0.15) is 0 Å². The van der Waals surface area contributed by atoms with Gasteiger partial charge in [0.25, 0.3) is 0 Å². The first-order valence-corrected chi connectivity index (χ1v) is 8.29. The van der Waals surface area contributed by atoms with Crippen LogP contribution in [-0.4, -0.2) is 34.2 Å². The number of aromatic amines is 1. The van der Waals surface area contributed by atoms with Crippen LogP contribution in [0.1, 0.15) is 25.1 Å². The lowest BCUT2D eigenvalue weighted by Crippen LogP contribution is -2.17. The van der Waals surface area contributed by atoms with Gasteiger partial charge in [0.1, 0.15) is 11.6 Å². The number of nitrogens with one attached hydrogen (secondary N) is 2. The molecule has 6 heteroatoms. The van der Waals surface area contributed by atoms with Crippen molar-refractivity contribution in [1.82, 2.24) is 9.97 Å². The van der Waals surface area contributed by atoms with Gasteiger partial charge in [-0.25, -0.2) is 4.98 Å². The van der Waals surface area contributed by atoms with Crippen LogP contribution < -0.4 is 10.1 Å². The number of carboxylic acid groups (broad SMARTS) is 1. The van der Waals surface area contributed by atoms with Crippen LogP contribution in [0.25, 0.3) is 11.0 Å². The molecule has 0 fully saturated rings. The van der Waals surface area contributed by atoms with Gasteiger partial charge in [0.15, 0.2) is 0 Å². The zero-order valence-electron chi connectivity index (χ0n) is 14.0. The van der Waals surface area contributed by atoms with E-state index >= 15 is 0 Å². The summed E-state index contributed by atoms with van der Waals surface area (Å²) in [7, 11) is 0. The SMILES string of the molecule is CCOc1ccc(NCC(CC(=O)O)c2nc3ccccc3[nH]2)cc1. The summed E-state index contributed by atoms with van der Waals surface area (Å²) in [5.74, 6) is 0.393. The molecule has 0 saturated heterocycles. The number of carboxylic acids is 1. The molecule has 0 aliphatic heterocycles. The Morgan fingerprint density at radius 1 is 1.24 bits per heavy atom. The number of para-hydroxylation sites is 2. The minimum Gasteiger partial charge on any atom is -0.494 e. The molecule has 3 N–H and O–H groups in total. The van der Waals surface area contributed by atoms with Crippen molar-refractivity contribution in [2.24, 2.45) is 0 Å². The van der Waals surface area contributed by atoms with Crippen LogP contribution in [0.15, 0.2) is 48.5 Å². The monoisotopic (exact) mass is 339 g/mol. The number of aliphatic carboxylic acids is 1. The highest BCUT2D eigenvalue weighted by Gasteiger charge is 2.19. The van der Waals surface area contributed by atoms with Crippen molar-refractivity contribution in [3.63, 3.8) is 0 Å². The zero-order chi connectivity index (χ0) is 17.6. The molecule has 0 amide bonds. The fraction of sp³-hybridized carbons (Fsp3) is 0.263. The number of hydrogen-bond donors (Lipinski definition) is 3. The lowest BCUT2D eigenvalue weighted by Gasteiger charge is -2.15. The van der Waals surface area contributed by atoms with Gasteiger partial charge >= 0.3 is 5.97 Å². The molecule has 1 unspecified atom stereocenters. The van der Waals surface area contributed by atoms with Crippen molar-refractivity contribution in [2.45, 2.75) is 19.3 Å². The van der Waals surface area contributed by atoms with Crippen LogP contribution in [0, 0.1) is 0 Å². The van der Waals surface area contributed by atoms with E-state index in [1.54, 1.807) is 0 Å². The number of ether oxygens (including phenoxy) is 1. The van der Waals surface area contributed by atoms with Crippen LogP contribution in [0.2, 0.25) is 0 Å². The number of fused-ring (bicyclic) bond motifs is 1. The van der Waals surface area contributed by atoms with Gasteiger partial charge in [0, 0.05) is 18.2 Å². The number of anilines is 1. The summed E-state index contributed by atoms with van der Waals surface area (Å²) in [5, 5.41) is 12.5. The van der Waals surface area contributed by atoms with Crippen molar-refractivity contribution in [3.8, 4) is 5.75 Å². The molecule has 2 aromatic carbocycles. The smallest absolute Gasteiger partial charge is 0.304 e. The first kappa shape index (κ1) is 16.8. The average Bonchev–Trinajstić information content (AvgIpc) is 3.04. The molecule has 1 aromatic heterocycles. The van der Waals surface area contributed by atoms with Gasteiger partial charge in [0.05, 0.1) is 24.1 Å². The summed E-state index contributed by atoms with van der Waals surface area (Å²) in [4.78, 5) is 19.0. The van der Waals surface area contributed by atoms with Gasteiger partial charge in [-0.3, -0.25) is 4.79 Å². The van der Waals surface area contributed by atoms with Crippen molar-refractivity contribution in [2.75, 3.05) is 18.5 Å². The van der Waals surface area contributed by atoms with E-state index in [0.717, 1.165) is 22.5 Å². The molecule has 0 aliphatic rings. The second-order valence-electron chi connectivity index (χ2n) is 5.77.